The molecular formula is C10H17N3O. The van der Waals surface area contributed by atoms with Gasteiger partial charge in [0.05, 0.1) is 11.8 Å². The van der Waals surface area contributed by atoms with Gasteiger partial charge < -0.3 is 5.73 Å². The van der Waals surface area contributed by atoms with E-state index < -0.39 is 5.54 Å². The molecule has 0 aliphatic carbocycles. The molecule has 0 spiro atoms. The fourth-order valence-corrected chi connectivity index (χ4v) is 1.28. The van der Waals surface area contributed by atoms with E-state index in [2.05, 4.69) is 5.10 Å². The lowest BCUT2D eigenvalue weighted by atomic mass is 9.96. The maximum Gasteiger partial charge on any atom is 0.168 e. The van der Waals surface area contributed by atoms with E-state index in [0.717, 1.165) is 5.69 Å². The van der Waals surface area contributed by atoms with Crippen LogP contribution in [-0.2, 0) is 7.05 Å². The van der Waals surface area contributed by atoms with Gasteiger partial charge in [-0.15, -0.1) is 0 Å². The van der Waals surface area contributed by atoms with Crippen LogP contribution in [0.25, 0.3) is 0 Å². The summed E-state index contributed by atoms with van der Waals surface area (Å²) >= 11 is 0. The number of hydrogen-bond donors (Lipinski definition) is 1. The Kier molecular flexibility index (Phi) is 2.76. The summed E-state index contributed by atoms with van der Waals surface area (Å²) in [6.45, 7) is 5.57. The molecule has 0 radical (unpaired) electrons. The van der Waals surface area contributed by atoms with Crippen LogP contribution in [0.1, 0.15) is 36.3 Å². The van der Waals surface area contributed by atoms with Gasteiger partial charge >= 0.3 is 0 Å². The van der Waals surface area contributed by atoms with Crippen LogP contribution in [-0.4, -0.2) is 21.1 Å². The lowest BCUT2D eigenvalue weighted by Gasteiger charge is -2.16. The Morgan fingerprint density at radius 2 is 2.21 bits per heavy atom. The van der Waals surface area contributed by atoms with Crippen LogP contribution < -0.4 is 5.73 Å². The fourth-order valence-electron chi connectivity index (χ4n) is 1.28. The van der Waals surface area contributed by atoms with Crippen LogP contribution in [0.15, 0.2) is 6.20 Å². The summed E-state index contributed by atoms with van der Waals surface area (Å²) in [6, 6.07) is 0. The summed E-state index contributed by atoms with van der Waals surface area (Å²) in [5, 5.41) is 4.02. The molecule has 4 nitrogen and oxygen atoms in total. The zero-order valence-corrected chi connectivity index (χ0v) is 9.16. The van der Waals surface area contributed by atoms with Crippen molar-refractivity contribution in [1.29, 1.82) is 0 Å². The molecule has 0 aliphatic rings. The first-order valence-corrected chi connectivity index (χ1v) is 4.62. The molecule has 0 bridgehead atoms. The predicted octanol–water partition coefficient (Wildman–Crippen LogP) is 1.04. The smallest absolute Gasteiger partial charge is 0.168 e. The number of aromatic nitrogens is 2. The van der Waals surface area contributed by atoms with Gasteiger partial charge in [-0.3, -0.25) is 9.48 Å². The molecule has 14 heavy (non-hydrogen) atoms. The third-order valence-electron chi connectivity index (χ3n) is 2.15. The minimum absolute atomic E-state index is 0.0584. The van der Waals surface area contributed by atoms with E-state index >= 15 is 0 Å². The fraction of sp³-hybridized carbons (Fsp3) is 0.600. The summed E-state index contributed by atoms with van der Waals surface area (Å²) in [7, 11) is 1.82. The zero-order valence-electron chi connectivity index (χ0n) is 9.16. The Labute approximate surface area is 84.1 Å². The highest BCUT2D eigenvalue weighted by Gasteiger charge is 2.20. The van der Waals surface area contributed by atoms with Gasteiger partial charge in [0.2, 0.25) is 0 Å². The number of carbonyl (C=O) groups is 1. The Bertz CT molecular complexity index is 347. The van der Waals surface area contributed by atoms with Crippen LogP contribution in [0.2, 0.25) is 0 Å². The average Bonchev–Trinajstić information content (AvgIpc) is 2.29. The third-order valence-corrected chi connectivity index (χ3v) is 2.15. The second kappa shape index (κ2) is 3.53. The SMILES string of the molecule is Cc1c(C(=O)CC(C)(C)N)cnn1C. The molecule has 2 N–H and O–H groups in total. The van der Waals surface area contributed by atoms with E-state index in [0.29, 0.717) is 12.0 Å². The lowest BCUT2D eigenvalue weighted by Crippen LogP contribution is -2.34. The summed E-state index contributed by atoms with van der Waals surface area (Å²) in [5.74, 6) is 0.0584. The predicted molar refractivity (Wildman–Crippen MR) is 55.2 cm³/mol. The van der Waals surface area contributed by atoms with Gasteiger partial charge in [0.25, 0.3) is 0 Å². The monoisotopic (exact) mass is 195 g/mol. The molecule has 1 aromatic rings. The van der Waals surface area contributed by atoms with E-state index in [1.165, 1.54) is 0 Å². The molecule has 0 fully saturated rings. The second-order valence-corrected chi connectivity index (χ2v) is 4.36. The number of hydrogen-bond acceptors (Lipinski definition) is 3. The van der Waals surface area contributed by atoms with Crippen LogP contribution in [0.3, 0.4) is 0 Å². The van der Waals surface area contributed by atoms with E-state index in [-0.39, 0.29) is 5.78 Å². The van der Waals surface area contributed by atoms with Gasteiger partial charge in [0.1, 0.15) is 0 Å². The molecule has 4 heteroatoms. The first-order chi connectivity index (χ1) is 6.31. The molecule has 0 aromatic carbocycles. The zero-order chi connectivity index (χ0) is 10.9. The van der Waals surface area contributed by atoms with Crippen molar-refractivity contribution < 1.29 is 4.79 Å². The molecule has 0 unspecified atom stereocenters. The minimum Gasteiger partial charge on any atom is -0.325 e. The second-order valence-electron chi connectivity index (χ2n) is 4.36. The Morgan fingerprint density at radius 1 is 1.64 bits per heavy atom. The highest BCUT2D eigenvalue weighted by molar-refractivity contribution is 5.97. The van der Waals surface area contributed by atoms with Crippen LogP contribution in [0.4, 0.5) is 0 Å². The van der Waals surface area contributed by atoms with Crippen molar-refractivity contribution in [1.82, 2.24) is 9.78 Å². The van der Waals surface area contributed by atoms with Crippen molar-refractivity contribution in [2.75, 3.05) is 0 Å². The first kappa shape index (κ1) is 10.9. The number of Topliss-reactive ketones (excluding diaryl/α,β-unsaturated/α-hetero) is 1. The molecule has 1 aromatic heterocycles. The van der Waals surface area contributed by atoms with Gasteiger partial charge in [0.15, 0.2) is 5.78 Å². The highest BCUT2D eigenvalue weighted by Crippen LogP contribution is 2.13. The number of ketones is 1. The van der Waals surface area contributed by atoms with Gasteiger partial charge in [-0.05, 0) is 20.8 Å². The molecule has 0 amide bonds. The van der Waals surface area contributed by atoms with Crippen molar-refractivity contribution >= 4 is 5.78 Å². The minimum atomic E-state index is -0.459. The first-order valence-electron chi connectivity index (χ1n) is 4.62. The average molecular weight is 195 g/mol. The summed E-state index contributed by atoms with van der Waals surface area (Å²) in [6.07, 6.45) is 1.95. The Morgan fingerprint density at radius 3 is 2.57 bits per heavy atom. The van der Waals surface area contributed by atoms with Crippen LogP contribution >= 0.6 is 0 Å². The maximum atomic E-state index is 11.8. The molecule has 1 rings (SSSR count). The van der Waals surface area contributed by atoms with Gasteiger partial charge in [-0.25, -0.2) is 0 Å². The van der Waals surface area contributed by atoms with E-state index in [1.54, 1.807) is 10.9 Å². The van der Waals surface area contributed by atoms with E-state index in [1.807, 2.05) is 27.8 Å². The standard InChI is InChI=1S/C10H17N3O/c1-7-8(6-12-13(7)4)9(14)5-10(2,3)11/h6H,5,11H2,1-4H3. The van der Waals surface area contributed by atoms with E-state index in [9.17, 15) is 4.79 Å². The topological polar surface area (TPSA) is 60.9 Å². The van der Waals surface area contributed by atoms with Crippen molar-refractivity contribution in [2.45, 2.75) is 32.7 Å². The quantitative estimate of drug-likeness (QED) is 0.733. The largest absolute Gasteiger partial charge is 0.325 e. The van der Waals surface area contributed by atoms with E-state index in [4.69, 9.17) is 5.73 Å². The third kappa shape index (κ3) is 2.42. The summed E-state index contributed by atoms with van der Waals surface area (Å²) in [4.78, 5) is 11.8. The van der Waals surface area contributed by atoms with Gasteiger partial charge in [-0.2, -0.15) is 5.10 Å². The van der Waals surface area contributed by atoms with Gasteiger partial charge in [0, 0.05) is 24.7 Å². The van der Waals surface area contributed by atoms with Crippen LogP contribution in [0.5, 0.6) is 0 Å². The molecule has 0 atom stereocenters. The molecular weight excluding hydrogens is 178 g/mol. The summed E-state index contributed by atoms with van der Waals surface area (Å²) in [5.41, 5.74) is 6.88. The number of aryl methyl sites for hydroxylation is 1. The normalized spacial score (nSPS) is 11.8. The van der Waals surface area contributed by atoms with Crippen LogP contribution in [0, 0.1) is 6.92 Å². The van der Waals surface area contributed by atoms with Crippen molar-refractivity contribution in [3.05, 3.63) is 17.5 Å². The van der Waals surface area contributed by atoms with Crippen molar-refractivity contribution in [2.24, 2.45) is 12.8 Å². The molecule has 0 saturated carbocycles. The molecule has 0 saturated heterocycles. The Hall–Kier alpha value is -1.16. The molecule has 78 valence electrons. The molecule has 0 aliphatic heterocycles. The lowest BCUT2D eigenvalue weighted by molar-refractivity contribution is 0.0959. The van der Waals surface area contributed by atoms with Crippen molar-refractivity contribution in [3.63, 3.8) is 0 Å². The number of nitrogens with zero attached hydrogens (tertiary/aromatic N) is 2. The highest BCUT2D eigenvalue weighted by atomic mass is 16.1. The maximum absolute atomic E-state index is 11.8. The molecule has 1 heterocycles. The number of nitrogens with two attached hydrogens (primary N) is 1. The number of carbonyl (C=O) groups excluding carboxylic acids is 1. The summed E-state index contributed by atoms with van der Waals surface area (Å²) < 4.78 is 1.69. The number of rotatable bonds is 3. The van der Waals surface area contributed by atoms with Crippen molar-refractivity contribution in [3.8, 4) is 0 Å². The van der Waals surface area contributed by atoms with Gasteiger partial charge in [-0.1, -0.05) is 0 Å². The Balaban J connectivity index is 2.86.